The molecule has 0 radical (unpaired) electrons. The number of hydrogen-bond donors (Lipinski definition) is 0. The van der Waals surface area contributed by atoms with E-state index in [1.54, 1.807) is 29.2 Å². The molecule has 1 saturated heterocycles. The van der Waals surface area contributed by atoms with Gasteiger partial charge in [-0.25, -0.2) is 12.7 Å². The lowest BCUT2D eigenvalue weighted by Gasteiger charge is -2.22. The Morgan fingerprint density at radius 1 is 1.08 bits per heavy atom. The van der Waals surface area contributed by atoms with Gasteiger partial charge in [0, 0.05) is 31.7 Å². The molecule has 0 N–H and O–H groups in total. The van der Waals surface area contributed by atoms with Gasteiger partial charge in [-0.3, -0.25) is 4.79 Å². The first kappa shape index (κ1) is 18.7. The van der Waals surface area contributed by atoms with Crippen molar-refractivity contribution in [2.45, 2.75) is 26.7 Å². The van der Waals surface area contributed by atoms with Crippen LogP contribution in [0.2, 0.25) is 0 Å². The van der Waals surface area contributed by atoms with Crippen LogP contribution in [-0.4, -0.2) is 62.1 Å². The monoisotopic (exact) mass is 354 g/mol. The maximum absolute atomic E-state index is 12.6. The quantitative estimate of drug-likeness (QED) is 0.783. The molecule has 1 aliphatic heterocycles. The Balaban J connectivity index is 2.01. The van der Waals surface area contributed by atoms with Crippen LogP contribution in [0.5, 0.6) is 5.75 Å². The lowest BCUT2D eigenvalue weighted by molar-refractivity contribution is 0.0764. The first-order valence-corrected chi connectivity index (χ1v) is 10.1. The van der Waals surface area contributed by atoms with Gasteiger partial charge in [0.25, 0.3) is 5.91 Å². The molecule has 0 bridgehead atoms. The molecule has 6 nitrogen and oxygen atoms in total. The topological polar surface area (TPSA) is 66.9 Å². The molecule has 0 saturated carbocycles. The van der Waals surface area contributed by atoms with E-state index >= 15 is 0 Å². The number of carbonyl (C=O) groups is 1. The fourth-order valence-electron chi connectivity index (χ4n) is 2.81. The highest BCUT2D eigenvalue weighted by molar-refractivity contribution is 7.89. The van der Waals surface area contributed by atoms with Gasteiger partial charge in [-0.1, -0.05) is 6.92 Å². The molecular formula is C17H26N2O4S. The van der Waals surface area contributed by atoms with Gasteiger partial charge in [0.1, 0.15) is 5.75 Å². The van der Waals surface area contributed by atoms with E-state index in [0.29, 0.717) is 51.2 Å². The van der Waals surface area contributed by atoms with E-state index in [2.05, 4.69) is 0 Å². The highest BCUT2D eigenvalue weighted by atomic mass is 32.2. The third kappa shape index (κ3) is 4.70. The molecule has 24 heavy (non-hydrogen) atoms. The third-order valence-electron chi connectivity index (χ3n) is 4.01. The van der Waals surface area contributed by atoms with Crippen molar-refractivity contribution >= 4 is 15.9 Å². The number of sulfonamides is 1. The van der Waals surface area contributed by atoms with Gasteiger partial charge in [-0.15, -0.1) is 0 Å². The Morgan fingerprint density at radius 2 is 1.79 bits per heavy atom. The number of benzene rings is 1. The summed E-state index contributed by atoms with van der Waals surface area (Å²) in [7, 11) is -3.20. The highest BCUT2D eigenvalue weighted by Crippen LogP contribution is 2.16. The maximum Gasteiger partial charge on any atom is 0.253 e. The first-order chi connectivity index (χ1) is 11.5. The van der Waals surface area contributed by atoms with Crippen LogP contribution < -0.4 is 4.74 Å². The summed E-state index contributed by atoms with van der Waals surface area (Å²) >= 11 is 0. The highest BCUT2D eigenvalue weighted by Gasteiger charge is 2.26. The van der Waals surface area contributed by atoms with Crippen molar-refractivity contribution < 1.29 is 17.9 Å². The Hall–Kier alpha value is -1.60. The summed E-state index contributed by atoms with van der Waals surface area (Å²) < 4.78 is 31.3. The molecule has 0 atom stereocenters. The fourth-order valence-corrected chi connectivity index (χ4v) is 4.35. The molecule has 0 aliphatic carbocycles. The number of ether oxygens (including phenoxy) is 1. The molecule has 2 rings (SSSR count). The largest absolute Gasteiger partial charge is 0.494 e. The molecule has 7 heteroatoms. The molecule has 1 heterocycles. The van der Waals surface area contributed by atoms with Crippen LogP contribution in [0.1, 0.15) is 37.0 Å². The van der Waals surface area contributed by atoms with Gasteiger partial charge in [0.15, 0.2) is 0 Å². The van der Waals surface area contributed by atoms with Gasteiger partial charge < -0.3 is 9.64 Å². The molecule has 0 unspecified atom stereocenters. The van der Waals surface area contributed by atoms with Crippen molar-refractivity contribution in [3.05, 3.63) is 29.8 Å². The predicted molar refractivity (Wildman–Crippen MR) is 93.8 cm³/mol. The summed E-state index contributed by atoms with van der Waals surface area (Å²) in [5, 5.41) is 0. The molecule has 0 aromatic heterocycles. The van der Waals surface area contributed by atoms with Crippen LogP contribution in [0, 0.1) is 0 Å². The molecule has 1 aliphatic rings. The Morgan fingerprint density at radius 3 is 2.42 bits per heavy atom. The Kier molecular flexibility index (Phi) is 6.62. The molecule has 1 fully saturated rings. The molecule has 134 valence electrons. The van der Waals surface area contributed by atoms with E-state index in [1.165, 1.54) is 4.31 Å². The fraction of sp³-hybridized carbons (Fsp3) is 0.588. The third-order valence-corrected chi connectivity index (χ3v) is 6.09. The van der Waals surface area contributed by atoms with Gasteiger partial charge in [-0.2, -0.15) is 0 Å². The zero-order chi connectivity index (χ0) is 17.6. The SMILES string of the molecule is CCCS(=O)(=O)N1CCCN(C(=O)c2ccc(OCC)cc2)CC1. The molecule has 1 amide bonds. The second kappa shape index (κ2) is 8.48. The summed E-state index contributed by atoms with van der Waals surface area (Å²) in [6, 6.07) is 7.08. The van der Waals surface area contributed by atoms with E-state index in [9.17, 15) is 13.2 Å². The summed E-state index contributed by atoms with van der Waals surface area (Å²) in [6.45, 7) is 6.20. The molecule has 1 aromatic rings. The van der Waals surface area contributed by atoms with Crippen molar-refractivity contribution in [1.82, 2.24) is 9.21 Å². The van der Waals surface area contributed by atoms with Crippen molar-refractivity contribution in [1.29, 1.82) is 0 Å². The zero-order valence-corrected chi connectivity index (χ0v) is 15.2. The summed E-state index contributed by atoms with van der Waals surface area (Å²) in [4.78, 5) is 14.4. The van der Waals surface area contributed by atoms with Crippen molar-refractivity contribution in [3.8, 4) is 5.75 Å². The lowest BCUT2D eigenvalue weighted by atomic mass is 10.2. The van der Waals surface area contributed by atoms with Gasteiger partial charge in [-0.05, 0) is 44.0 Å². The second-order valence-corrected chi connectivity index (χ2v) is 7.91. The maximum atomic E-state index is 12.6. The van der Waals surface area contributed by atoms with E-state index in [1.807, 2.05) is 13.8 Å². The van der Waals surface area contributed by atoms with Crippen molar-refractivity contribution in [2.24, 2.45) is 0 Å². The summed E-state index contributed by atoms with van der Waals surface area (Å²) in [5.74, 6) is 0.842. The Labute approximate surface area is 144 Å². The predicted octanol–water partition coefficient (Wildman–Crippen LogP) is 1.97. The van der Waals surface area contributed by atoms with Gasteiger partial charge in [0.2, 0.25) is 10.0 Å². The summed E-state index contributed by atoms with van der Waals surface area (Å²) in [6.07, 6.45) is 1.26. The number of amides is 1. The minimum Gasteiger partial charge on any atom is -0.494 e. The second-order valence-electron chi connectivity index (χ2n) is 5.82. The Bertz CT molecular complexity index is 643. The van der Waals surface area contributed by atoms with Crippen LogP contribution in [0.25, 0.3) is 0 Å². The summed E-state index contributed by atoms with van der Waals surface area (Å²) in [5.41, 5.74) is 0.600. The molecular weight excluding hydrogens is 328 g/mol. The standard InChI is InChI=1S/C17H26N2O4S/c1-3-14-24(21,22)19-11-5-10-18(12-13-19)17(20)15-6-8-16(9-7-15)23-4-2/h6-9H,3-5,10-14H2,1-2H3. The molecule has 0 spiro atoms. The van der Waals surface area contributed by atoms with Crippen LogP contribution in [0.3, 0.4) is 0 Å². The van der Waals surface area contributed by atoms with E-state index in [4.69, 9.17) is 4.74 Å². The van der Waals surface area contributed by atoms with E-state index in [-0.39, 0.29) is 11.7 Å². The number of rotatable bonds is 6. The van der Waals surface area contributed by atoms with E-state index in [0.717, 1.165) is 5.75 Å². The molecule has 1 aromatic carbocycles. The average Bonchev–Trinajstić information content (AvgIpc) is 2.82. The van der Waals surface area contributed by atoms with E-state index < -0.39 is 10.0 Å². The van der Waals surface area contributed by atoms with Crippen LogP contribution in [0.15, 0.2) is 24.3 Å². The van der Waals surface area contributed by atoms with Crippen LogP contribution >= 0.6 is 0 Å². The normalized spacial score (nSPS) is 16.7. The van der Waals surface area contributed by atoms with Crippen molar-refractivity contribution in [3.63, 3.8) is 0 Å². The number of carbonyl (C=O) groups excluding carboxylic acids is 1. The van der Waals surface area contributed by atoms with Gasteiger partial charge in [0.05, 0.1) is 12.4 Å². The first-order valence-electron chi connectivity index (χ1n) is 8.48. The number of nitrogens with zero attached hydrogens (tertiary/aromatic N) is 2. The minimum atomic E-state index is -3.20. The number of hydrogen-bond acceptors (Lipinski definition) is 4. The minimum absolute atomic E-state index is 0.0622. The van der Waals surface area contributed by atoms with Gasteiger partial charge >= 0.3 is 0 Å². The van der Waals surface area contributed by atoms with Crippen LogP contribution in [0.4, 0.5) is 0 Å². The smallest absolute Gasteiger partial charge is 0.253 e. The lowest BCUT2D eigenvalue weighted by Crippen LogP contribution is -2.38. The zero-order valence-electron chi connectivity index (χ0n) is 14.4. The average molecular weight is 354 g/mol. The van der Waals surface area contributed by atoms with Crippen LogP contribution in [-0.2, 0) is 10.0 Å². The van der Waals surface area contributed by atoms with Crippen molar-refractivity contribution in [2.75, 3.05) is 38.5 Å².